The number of rotatable bonds is 5. The van der Waals surface area contributed by atoms with Gasteiger partial charge in [-0.05, 0) is 42.7 Å². The third-order valence-corrected chi connectivity index (χ3v) is 6.27. The summed E-state index contributed by atoms with van der Waals surface area (Å²) in [4.78, 5) is 27.8. The van der Waals surface area contributed by atoms with Crippen molar-refractivity contribution < 1.29 is 14.3 Å². The van der Waals surface area contributed by atoms with E-state index in [-0.39, 0.29) is 29.7 Å². The summed E-state index contributed by atoms with van der Waals surface area (Å²) in [5, 5.41) is 17.6. The molecule has 3 aromatic rings. The van der Waals surface area contributed by atoms with E-state index in [4.69, 9.17) is 0 Å². The second-order valence-corrected chi connectivity index (χ2v) is 9.06. The van der Waals surface area contributed by atoms with Crippen LogP contribution < -0.4 is 5.43 Å². The second-order valence-electron chi connectivity index (χ2n) is 8.14. The van der Waals surface area contributed by atoms with E-state index in [0.29, 0.717) is 12.8 Å². The van der Waals surface area contributed by atoms with Crippen molar-refractivity contribution in [3.8, 4) is 0 Å². The van der Waals surface area contributed by atoms with Crippen LogP contribution in [0.15, 0.2) is 51.7 Å². The first kappa shape index (κ1) is 21.6. The fourth-order valence-electron chi connectivity index (χ4n) is 4.19. The molecule has 2 N–H and O–H groups in total. The van der Waals surface area contributed by atoms with Crippen LogP contribution in [0.5, 0.6) is 0 Å². The molecular formula is C23H23BrFN3O3. The fraction of sp³-hybridized carbons (Fsp3) is 0.348. The number of amides is 1. The standard InChI is InChI=1S/C23H23BrFN3O3/c24-16-7-4-6-15(12-16)13-28(14-23(31)10-2-1-3-11-23)22(30)20-21(29)17-8-5-9-18(25)19(17)26-27-20/h4-9,12,31H,1-3,10-11,13-14H2,(H,26,29). The predicted octanol–water partition coefficient (Wildman–Crippen LogP) is 4.16. The van der Waals surface area contributed by atoms with E-state index in [1.807, 2.05) is 24.3 Å². The molecular weight excluding hydrogens is 465 g/mol. The first-order valence-corrected chi connectivity index (χ1v) is 11.1. The Kier molecular flexibility index (Phi) is 6.20. The lowest BCUT2D eigenvalue weighted by molar-refractivity contribution is -0.0239. The number of hydrogen-bond acceptors (Lipinski definition) is 4. The molecule has 1 aliphatic rings. The summed E-state index contributed by atoms with van der Waals surface area (Å²) in [5.74, 6) is -1.20. The van der Waals surface area contributed by atoms with Crippen molar-refractivity contribution >= 4 is 32.7 Å². The van der Waals surface area contributed by atoms with E-state index < -0.39 is 22.8 Å². The summed E-state index contributed by atoms with van der Waals surface area (Å²) in [5.41, 5.74) is -1.13. The molecule has 0 unspecified atom stereocenters. The highest BCUT2D eigenvalue weighted by Crippen LogP contribution is 2.30. The highest BCUT2D eigenvalue weighted by Gasteiger charge is 2.34. The summed E-state index contributed by atoms with van der Waals surface area (Å²) in [6, 6.07) is 11.6. The second kappa shape index (κ2) is 8.88. The quantitative estimate of drug-likeness (QED) is 0.565. The highest BCUT2D eigenvalue weighted by molar-refractivity contribution is 9.10. The van der Waals surface area contributed by atoms with E-state index in [9.17, 15) is 19.1 Å². The Balaban J connectivity index is 1.71. The van der Waals surface area contributed by atoms with Gasteiger partial charge in [0.2, 0.25) is 5.43 Å². The molecule has 31 heavy (non-hydrogen) atoms. The van der Waals surface area contributed by atoms with Crippen LogP contribution in [0.1, 0.15) is 48.2 Å². The SMILES string of the molecule is O=C(c1n[nH]c2c(F)cccc2c1=O)N(Cc1cccc(Br)c1)CC1(O)CCCCC1. The Labute approximate surface area is 187 Å². The summed E-state index contributed by atoms with van der Waals surface area (Å²) in [6.45, 7) is 0.309. The Morgan fingerprint density at radius 1 is 1.19 bits per heavy atom. The first-order chi connectivity index (χ1) is 14.9. The van der Waals surface area contributed by atoms with Gasteiger partial charge in [-0.25, -0.2) is 4.39 Å². The molecule has 1 aromatic heterocycles. The molecule has 4 rings (SSSR count). The van der Waals surface area contributed by atoms with E-state index in [1.54, 1.807) is 0 Å². The Morgan fingerprint density at radius 3 is 2.68 bits per heavy atom. The first-order valence-electron chi connectivity index (χ1n) is 10.3. The van der Waals surface area contributed by atoms with E-state index in [1.165, 1.54) is 23.1 Å². The lowest BCUT2D eigenvalue weighted by Gasteiger charge is -2.37. The maximum Gasteiger partial charge on any atom is 0.278 e. The highest BCUT2D eigenvalue weighted by atomic mass is 79.9. The van der Waals surface area contributed by atoms with Crippen molar-refractivity contribution in [2.45, 2.75) is 44.2 Å². The number of aliphatic hydroxyl groups is 1. The number of para-hydroxylation sites is 1. The zero-order chi connectivity index (χ0) is 22.0. The molecule has 6 nitrogen and oxygen atoms in total. The Bertz CT molecular complexity index is 1170. The molecule has 1 heterocycles. The number of aromatic amines is 1. The molecule has 0 bridgehead atoms. The van der Waals surface area contributed by atoms with Gasteiger partial charge in [0.15, 0.2) is 5.69 Å². The van der Waals surface area contributed by atoms with Crippen LogP contribution in [0.2, 0.25) is 0 Å². The van der Waals surface area contributed by atoms with Gasteiger partial charge in [-0.3, -0.25) is 14.7 Å². The maximum atomic E-state index is 14.0. The minimum Gasteiger partial charge on any atom is -0.388 e. The van der Waals surface area contributed by atoms with Crippen molar-refractivity contribution in [2.24, 2.45) is 0 Å². The molecule has 1 aliphatic carbocycles. The number of halogens is 2. The van der Waals surface area contributed by atoms with E-state index in [0.717, 1.165) is 29.3 Å². The number of H-pyrrole nitrogens is 1. The molecule has 0 aliphatic heterocycles. The molecule has 1 fully saturated rings. The van der Waals surface area contributed by atoms with Gasteiger partial charge >= 0.3 is 0 Å². The van der Waals surface area contributed by atoms with Crippen LogP contribution in [0, 0.1) is 5.82 Å². The molecule has 0 atom stereocenters. The van der Waals surface area contributed by atoms with Crippen LogP contribution >= 0.6 is 15.9 Å². The minimum atomic E-state index is -1.00. The van der Waals surface area contributed by atoms with Crippen LogP contribution in [-0.4, -0.2) is 38.3 Å². The number of aromatic nitrogens is 2. The monoisotopic (exact) mass is 487 g/mol. The number of nitrogens with zero attached hydrogens (tertiary/aromatic N) is 2. The average Bonchev–Trinajstić information content (AvgIpc) is 2.74. The topological polar surface area (TPSA) is 86.3 Å². The van der Waals surface area contributed by atoms with Gasteiger partial charge in [-0.1, -0.05) is 53.4 Å². The van der Waals surface area contributed by atoms with Gasteiger partial charge < -0.3 is 10.0 Å². The van der Waals surface area contributed by atoms with Gasteiger partial charge in [-0.15, -0.1) is 0 Å². The molecule has 1 amide bonds. The number of hydrogen-bond donors (Lipinski definition) is 2. The van der Waals surface area contributed by atoms with Crippen molar-refractivity contribution in [3.05, 3.63) is 74.2 Å². The Hall–Kier alpha value is -2.58. The third kappa shape index (κ3) is 4.70. The molecule has 1 saturated carbocycles. The zero-order valence-corrected chi connectivity index (χ0v) is 18.5. The summed E-state index contributed by atoms with van der Waals surface area (Å²) < 4.78 is 14.9. The molecule has 2 aromatic carbocycles. The smallest absolute Gasteiger partial charge is 0.278 e. The van der Waals surface area contributed by atoms with Gasteiger partial charge in [0.05, 0.1) is 17.5 Å². The summed E-state index contributed by atoms with van der Waals surface area (Å²) >= 11 is 3.43. The number of fused-ring (bicyclic) bond motifs is 1. The number of nitrogens with one attached hydrogen (secondary N) is 1. The minimum absolute atomic E-state index is 0.0338. The number of benzene rings is 2. The molecule has 0 spiro atoms. The summed E-state index contributed by atoms with van der Waals surface area (Å²) in [6.07, 6.45) is 4.04. The molecule has 0 saturated heterocycles. The predicted molar refractivity (Wildman–Crippen MR) is 119 cm³/mol. The van der Waals surface area contributed by atoms with Crippen molar-refractivity contribution in [1.82, 2.24) is 15.1 Å². The lowest BCUT2D eigenvalue weighted by atomic mass is 9.84. The van der Waals surface area contributed by atoms with Crippen molar-refractivity contribution in [3.63, 3.8) is 0 Å². The molecule has 8 heteroatoms. The molecule has 162 valence electrons. The summed E-state index contributed by atoms with van der Waals surface area (Å²) in [7, 11) is 0. The zero-order valence-electron chi connectivity index (χ0n) is 16.9. The Morgan fingerprint density at radius 2 is 1.94 bits per heavy atom. The third-order valence-electron chi connectivity index (χ3n) is 5.77. The van der Waals surface area contributed by atoms with Crippen LogP contribution in [-0.2, 0) is 6.54 Å². The normalized spacial score (nSPS) is 15.7. The maximum absolute atomic E-state index is 14.0. The van der Waals surface area contributed by atoms with Gasteiger partial charge in [0, 0.05) is 11.0 Å². The average molecular weight is 488 g/mol. The van der Waals surface area contributed by atoms with Gasteiger partial charge in [0.1, 0.15) is 11.3 Å². The largest absolute Gasteiger partial charge is 0.388 e. The molecule has 0 radical (unpaired) electrons. The van der Waals surface area contributed by atoms with Crippen molar-refractivity contribution in [1.29, 1.82) is 0 Å². The van der Waals surface area contributed by atoms with Gasteiger partial charge in [-0.2, -0.15) is 5.10 Å². The van der Waals surface area contributed by atoms with Crippen LogP contribution in [0.25, 0.3) is 10.9 Å². The number of carbonyl (C=O) groups excluding carboxylic acids is 1. The number of carbonyl (C=O) groups is 1. The van der Waals surface area contributed by atoms with E-state index in [2.05, 4.69) is 26.1 Å². The fourth-order valence-corrected chi connectivity index (χ4v) is 4.64. The van der Waals surface area contributed by atoms with E-state index >= 15 is 0 Å². The van der Waals surface area contributed by atoms with Crippen molar-refractivity contribution in [2.75, 3.05) is 6.54 Å². The van der Waals surface area contributed by atoms with Crippen LogP contribution in [0.4, 0.5) is 4.39 Å². The van der Waals surface area contributed by atoms with Gasteiger partial charge in [0.25, 0.3) is 5.91 Å². The lowest BCUT2D eigenvalue weighted by Crippen LogP contribution is -2.47. The van der Waals surface area contributed by atoms with Crippen LogP contribution in [0.3, 0.4) is 0 Å².